The fourth-order valence-electron chi connectivity index (χ4n) is 2.94. The van der Waals surface area contributed by atoms with Crippen molar-refractivity contribution in [3.8, 4) is 5.75 Å². The highest BCUT2D eigenvalue weighted by atomic mass is 16.5. The molecule has 0 aliphatic heterocycles. The highest BCUT2D eigenvalue weighted by Gasteiger charge is 2.20. The van der Waals surface area contributed by atoms with Gasteiger partial charge in [-0.05, 0) is 36.6 Å². The molecule has 1 unspecified atom stereocenters. The lowest BCUT2D eigenvalue weighted by molar-refractivity contribution is -0.124. The summed E-state index contributed by atoms with van der Waals surface area (Å²) in [6.45, 7) is 3.89. The molecule has 2 aromatic carbocycles. The third-order valence-electron chi connectivity index (χ3n) is 4.64. The average molecular weight is 381 g/mol. The highest BCUT2D eigenvalue weighted by Crippen LogP contribution is 2.29. The number of methoxy groups -OCH3 is 1. The molecule has 6 nitrogen and oxygen atoms in total. The zero-order valence-corrected chi connectivity index (χ0v) is 16.2. The maximum absolute atomic E-state index is 12.3. The SMILES string of the molecule is COc1ccc2oc(C(=O)OCC(=O)NCC(C)c3ccccc3)c(C)c2c1. The molecule has 1 amide bonds. The van der Waals surface area contributed by atoms with E-state index in [9.17, 15) is 9.59 Å². The van der Waals surface area contributed by atoms with Crippen LogP contribution >= 0.6 is 0 Å². The highest BCUT2D eigenvalue weighted by molar-refractivity contribution is 5.97. The number of rotatable bonds is 7. The van der Waals surface area contributed by atoms with Crippen molar-refractivity contribution in [1.29, 1.82) is 0 Å². The molecule has 1 heterocycles. The fourth-order valence-corrected chi connectivity index (χ4v) is 2.94. The number of aryl methyl sites for hydroxylation is 1. The lowest BCUT2D eigenvalue weighted by atomic mass is 10.0. The van der Waals surface area contributed by atoms with E-state index in [4.69, 9.17) is 13.9 Å². The first kappa shape index (κ1) is 19.5. The molecular formula is C22H23NO5. The Labute approximate surface area is 163 Å². The van der Waals surface area contributed by atoms with Crippen molar-refractivity contribution in [1.82, 2.24) is 5.32 Å². The minimum atomic E-state index is -0.668. The second-order valence-electron chi connectivity index (χ2n) is 6.61. The number of furan rings is 1. The second kappa shape index (κ2) is 8.61. The Bertz CT molecular complexity index is 977. The maximum Gasteiger partial charge on any atom is 0.375 e. The minimum Gasteiger partial charge on any atom is -0.497 e. The summed E-state index contributed by atoms with van der Waals surface area (Å²) in [4.78, 5) is 24.3. The summed E-state index contributed by atoms with van der Waals surface area (Å²) in [5, 5.41) is 3.55. The van der Waals surface area contributed by atoms with Gasteiger partial charge in [-0.15, -0.1) is 0 Å². The molecule has 1 atom stereocenters. The van der Waals surface area contributed by atoms with Crippen molar-refractivity contribution in [3.05, 3.63) is 65.4 Å². The monoisotopic (exact) mass is 381 g/mol. The average Bonchev–Trinajstić information content (AvgIpc) is 3.06. The van der Waals surface area contributed by atoms with E-state index in [1.54, 1.807) is 32.2 Å². The summed E-state index contributed by atoms with van der Waals surface area (Å²) in [7, 11) is 1.57. The summed E-state index contributed by atoms with van der Waals surface area (Å²) in [6, 6.07) is 15.2. The molecular weight excluding hydrogens is 358 g/mol. The van der Waals surface area contributed by atoms with Gasteiger partial charge in [-0.2, -0.15) is 0 Å². The Morgan fingerprint density at radius 1 is 1.14 bits per heavy atom. The van der Waals surface area contributed by atoms with Gasteiger partial charge in [0, 0.05) is 17.5 Å². The van der Waals surface area contributed by atoms with Crippen LogP contribution in [0, 0.1) is 6.92 Å². The van der Waals surface area contributed by atoms with E-state index in [0.29, 0.717) is 23.4 Å². The van der Waals surface area contributed by atoms with E-state index >= 15 is 0 Å². The van der Waals surface area contributed by atoms with Gasteiger partial charge in [0.1, 0.15) is 11.3 Å². The molecule has 0 saturated carbocycles. The van der Waals surface area contributed by atoms with E-state index in [0.717, 1.165) is 10.9 Å². The maximum atomic E-state index is 12.3. The van der Waals surface area contributed by atoms with Gasteiger partial charge in [0.15, 0.2) is 6.61 Å². The molecule has 0 fully saturated rings. The van der Waals surface area contributed by atoms with Gasteiger partial charge in [0.25, 0.3) is 5.91 Å². The molecule has 6 heteroatoms. The number of ether oxygens (including phenoxy) is 2. The van der Waals surface area contributed by atoms with Crippen molar-refractivity contribution in [2.75, 3.05) is 20.3 Å². The summed E-state index contributed by atoms with van der Waals surface area (Å²) < 4.78 is 15.9. The minimum absolute atomic E-state index is 0.0914. The van der Waals surface area contributed by atoms with Gasteiger partial charge in [0.2, 0.25) is 5.76 Å². The zero-order valence-electron chi connectivity index (χ0n) is 16.2. The van der Waals surface area contributed by atoms with Gasteiger partial charge in [-0.25, -0.2) is 4.79 Å². The number of nitrogens with one attached hydrogen (secondary N) is 1. The summed E-state index contributed by atoms with van der Waals surface area (Å²) in [5.41, 5.74) is 2.34. The molecule has 0 bridgehead atoms. The molecule has 1 N–H and O–H groups in total. The van der Waals surface area contributed by atoms with Gasteiger partial charge >= 0.3 is 5.97 Å². The van der Waals surface area contributed by atoms with Crippen LogP contribution in [0.1, 0.15) is 34.5 Å². The Hall–Kier alpha value is -3.28. The van der Waals surface area contributed by atoms with Crippen LogP contribution in [-0.4, -0.2) is 32.1 Å². The standard InChI is InChI=1S/C22H23NO5/c1-14(16-7-5-4-6-8-16)12-23-20(24)13-27-22(25)21-15(2)18-11-17(26-3)9-10-19(18)28-21/h4-11,14H,12-13H2,1-3H3,(H,23,24). The number of hydrogen-bond acceptors (Lipinski definition) is 5. The number of esters is 1. The molecule has 0 saturated heterocycles. The van der Waals surface area contributed by atoms with E-state index in [1.807, 2.05) is 37.3 Å². The number of carbonyl (C=O) groups excluding carboxylic acids is 2. The number of benzene rings is 2. The van der Waals surface area contributed by atoms with E-state index in [-0.39, 0.29) is 24.2 Å². The third-order valence-corrected chi connectivity index (χ3v) is 4.64. The lowest BCUT2D eigenvalue weighted by Gasteiger charge is -2.13. The Balaban J connectivity index is 1.56. The van der Waals surface area contributed by atoms with Crippen molar-refractivity contribution in [2.24, 2.45) is 0 Å². The third kappa shape index (κ3) is 4.34. The topological polar surface area (TPSA) is 77.8 Å². The number of hydrogen-bond donors (Lipinski definition) is 1. The van der Waals surface area contributed by atoms with Crippen LogP contribution < -0.4 is 10.1 Å². The van der Waals surface area contributed by atoms with Crippen LogP contribution in [0.15, 0.2) is 52.9 Å². The van der Waals surface area contributed by atoms with Gasteiger partial charge in [0.05, 0.1) is 7.11 Å². The second-order valence-corrected chi connectivity index (χ2v) is 6.61. The molecule has 1 aromatic heterocycles. The Morgan fingerprint density at radius 3 is 2.61 bits per heavy atom. The first-order valence-electron chi connectivity index (χ1n) is 9.05. The van der Waals surface area contributed by atoms with Crippen LogP contribution in [0.3, 0.4) is 0 Å². The molecule has 3 aromatic rings. The first-order chi connectivity index (χ1) is 13.5. The van der Waals surface area contributed by atoms with Crippen molar-refractivity contribution >= 4 is 22.8 Å². The quantitative estimate of drug-likeness (QED) is 0.630. The zero-order chi connectivity index (χ0) is 20.1. The Kier molecular flexibility index (Phi) is 5.99. The van der Waals surface area contributed by atoms with Gasteiger partial charge < -0.3 is 19.2 Å². The van der Waals surface area contributed by atoms with Gasteiger partial charge in [-0.3, -0.25) is 4.79 Å². The van der Waals surface area contributed by atoms with E-state index in [1.165, 1.54) is 0 Å². The van der Waals surface area contributed by atoms with Gasteiger partial charge in [-0.1, -0.05) is 37.3 Å². The van der Waals surface area contributed by atoms with E-state index < -0.39 is 5.97 Å². The van der Waals surface area contributed by atoms with Crippen LogP contribution in [-0.2, 0) is 9.53 Å². The molecule has 28 heavy (non-hydrogen) atoms. The summed E-state index contributed by atoms with van der Waals surface area (Å²) >= 11 is 0. The Morgan fingerprint density at radius 2 is 1.89 bits per heavy atom. The molecule has 3 rings (SSSR count). The smallest absolute Gasteiger partial charge is 0.375 e. The van der Waals surface area contributed by atoms with Crippen molar-refractivity contribution < 1.29 is 23.5 Å². The predicted molar refractivity (Wildman–Crippen MR) is 106 cm³/mol. The lowest BCUT2D eigenvalue weighted by Crippen LogP contribution is -2.31. The molecule has 0 spiro atoms. The van der Waals surface area contributed by atoms with Crippen LogP contribution in [0.4, 0.5) is 0 Å². The van der Waals surface area contributed by atoms with Crippen LogP contribution in [0.5, 0.6) is 5.75 Å². The normalized spacial score (nSPS) is 11.8. The number of fused-ring (bicyclic) bond motifs is 1. The molecule has 0 aliphatic rings. The van der Waals surface area contributed by atoms with Crippen molar-refractivity contribution in [2.45, 2.75) is 19.8 Å². The summed E-state index contributed by atoms with van der Waals surface area (Å²) in [5.74, 6) is -0.101. The number of amides is 1. The van der Waals surface area contributed by atoms with Crippen molar-refractivity contribution in [3.63, 3.8) is 0 Å². The predicted octanol–water partition coefficient (Wildman–Crippen LogP) is 3.83. The number of carbonyl (C=O) groups is 2. The van der Waals surface area contributed by atoms with Crippen LogP contribution in [0.25, 0.3) is 11.0 Å². The molecule has 0 aliphatic carbocycles. The van der Waals surface area contributed by atoms with Crippen LogP contribution in [0.2, 0.25) is 0 Å². The largest absolute Gasteiger partial charge is 0.497 e. The molecule has 0 radical (unpaired) electrons. The van der Waals surface area contributed by atoms with E-state index in [2.05, 4.69) is 5.32 Å². The first-order valence-corrected chi connectivity index (χ1v) is 9.05. The summed E-state index contributed by atoms with van der Waals surface area (Å²) in [6.07, 6.45) is 0. The molecule has 146 valence electrons. The fraction of sp³-hybridized carbons (Fsp3) is 0.273.